The van der Waals surface area contributed by atoms with E-state index in [0.717, 1.165) is 6.07 Å². The van der Waals surface area contributed by atoms with E-state index in [9.17, 15) is 4.79 Å². The Bertz CT molecular complexity index is 330. The number of hydrogen-bond acceptors (Lipinski definition) is 3. The van der Waals surface area contributed by atoms with Crippen LogP contribution in [0.25, 0.3) is 0 Å². The van der Waals surface area contributed by atoms with Crippen LogP contribution >= 0.6 is 0 Å². The SMILES string of the molecule is Cc1cc(O)c(C(=O)O)cc1O. The molecule has 0 saturated carbocycles. The van der Waals surface area contributed by atoms with Gasteiger partial charge < -0.3 is 15.3 Å². The minimum absolute atomic E-state index is 0.134. The Kier molecular flexibility index (Phi) is 1.91. The van der Waals surface area contributed by atoms with Gasteiger partial charge in [-0.15, -0.1) is 0 Å². The second-order valence-electron chi connectivity index (χ2n) is 2.46. The number of aromatic carboxylic acids is 1. The Balaban J connectivity index is 3.33. The molecule has 0 spiro atoms. The van der Waals surface area contributed by atoms with Crippen LogP contribution < -0.4 is 0 Å². The number of phenolic OH excluding ortho intramolecular Hbond substituents is 1. The number of carboxylic acid groups (broad SMARTS) is 1. The first-order valence-electron chi connectivity index (χ1n) is 3.28. The summed E-state index contributed by atoms with van der Waals surface area (Å²) in [6.45, 7) is 1.57. The van der Waals surface area contributed by atoms with Gasteiger partial charge in [-0.25, -0.2) is 4.79 Å². The lowest BCUT2D eigenvalue weighted by molar-refractivity contribution is 0.0693. The monoisotopic (exact) mass is 168 g/mol. The molecule has 1 aromatic rings. The molecule has 0 aliphatic heterocycles. The van der Waals surface area contributed by atoms with E-state index in [1.54, 1.807) is 6.92 Å². The number of hydrogen-bond donors (Lipinski definition) is 3. The Labute approximate surface area is 68.7 Å². The van der Waals surface area contributed by atoms with Crippen molar-refractivity contribution in [2.24, 2.45) is 0 Å². The van der Waals surface area contributed by atoms with Gasteiger partial charge in [0.05, 0.1) is 0 Å². The first kappa shape index (κ1) is 8.39. The highest BCUT2D eigenvalue weighted by Crippen LogP contribution is 2.26. The lowest BCUT2D eigenvalue weighted by atomic mass is 10.1. The third-order valence-corrected chi connectivity index (χ3v) is 1.54. The van der Waals surface area contributed by atoms with Crippen molar-refractivity contribution in [1.29, 1.82) is 0 Å². The summed E-state index contributed by atoms with van der Waals surface area (Å²) in [6.07, 6.45) is 0. The third kappa shape index (κ3) is 1.32. The summed E-state index contributed by atoms with van der Waals surface area (Å²) in [4.78, 5) is 10.4. The molecule has 0 saturated heterocycles. The maximum Gasteiger partial charge on any atom is 0.339 e. The molecule has 0 fully saturated rings. The fourth-order valence-corrected chi connectivity index (χ4v) is 0.853. The molecule has 64 valence electrons. The quantitative estimate of drug-likeness (QED) is 0.549. The van der Waals surface area contributed by atoms with Crippen LogP contribution in [0.4, 0.5) is 0 Å². The van der Waals surface area contributed by atoms with Gasteiger partial charge in [-0.2, -0.15) is 0 Å². The van der Waals surface area contributed by atoms with Gasteiger partial charge in [-0.05, 0) is 24.6 Å². The Morgan fingerprint density at radius 2 is 1.83 bits per heavy atom. The van der Waals surface area contributed by atoms with Crippen LogP contribution in [0.1, 0.15) is 15.9 Å². The van der Waals surface area contributed by atoms with Gasteiger partial charge in [0.15, 0.2) is 0 Å². The molecule has 0 atom stereocenters. The summed E-state index contributed by atoms with van der Waals surface area (Å²) in [5.74, 6) is -1.73. The maximum absolute atomic E-state index is 10.4. The van der Waals surface area contributed by atoms with Crippen molar-refractivity contribution in [1.82, 2.24) is 0 Å². The van der Waals surface area contributed by atoms with Crippen molar-refractivity contribution in [3.05, 3.63) is 23.3 Å². The van der Waals surface area contributed by atoms with Gasteiger partial charge in [0, 0.05) is 0 Å². The van der Waals surface area contributed by atoms with E-state index in [4.69, 9.17) is 15.3 Å². The summed E-state index contributed by atoms with van der Waals surface area (Å²) in [6, 6.07) is 2.23. The van der Waals surface area contributed by atoms with E-state index in [2.05, 4.69) is 0 Å². The molecule has 0 radical (unpaired) electrons. The Hall–Kier alpha value is -1.71. The molecule has 3 N–H and O–H groups in total. The highest BCUT2D eigenvalue weighted by atomic mass is 16.4. The van der Waals surface area contributed by atoms with Crippen LogP contribution in [0.5, 0.6) is 11.5 Å². The maximum atomic E-state index is 10.4. The van der Waals surface area contributed by atoms with Crippen LogP contribution in [0.2, 0.25) is 0 Å². The first-order valence-corrected chi connectivity index (χ1v) is 3.28. The Morgan fingerprint density at radius 3 is 2.33 bits per heavy atom. The van der Waals surface area contributed by atoms with E-state index in [-0.39, 0.29) is 17.1 Å². The summed E-state index contributed by atoms with van der Waals surface area (Å²) < 4.78 is 0. The molecule has 1 aromatic carbocycles. The lowest BCUT2D eigenvalue weighted by Crippen LogP contribution is -1.96. The number of aryl methyl sites for hydroxylation is 1. The zero-order chi connectivity index (χ0) is 9.30. The average molecular weight is 168 g/mol. The molecular weight excluding hydrogens is 160 g/mol. The highest BCUT2D eigenvalue weighted by molar-refractivity contribution is 5.91. The lowest BCUT2D eigenvalue weighted by Gasteiger charge is -2.02. The predicted molar refractivity (Wildman–Crippen MR) is 41.5 cm³/mol. The van der Waals surface area contributed by atoms with Gasteiger partial charge in [0.1, 0.15) is 17.1 Å². The number of carbonyl (C=O) groups is 1. The van der Waals surface area contributed by atoms with E-state index < -0.39 is 5.97 Å². The number of aromatic hydroxyl groups is 2. The fourth-order valence-electron chi connectivity index (χ4n) is 0.853. The smallest absolute Gasteiger partial charge is 0.339 e. The molecule has 4 nitrogen and oxygen atoms in total. The average Bonchev–Trinajstić information content (AvgIpc) is 1.96. The molecule has 0 unspecified atom stereocenters. The molecule has 0 amide bonds. The van der Waals surface area contributed by atoms with Crippen LogP contribution in [-0.2, 0) is 0 Å². The van der Waals surface area contributed by atoms with Crippen molar-refractivity contribution in [2.75, 3.05) is 0 Å². The zero-order valence-electron chi connectivity index (χ0n) is 6.40. The molecule has 0 heterocycles. The van der Waals surface area contributed by atoms with Gasteiger partial charge in [-0.1, -0.05) is 0 Å². The Morgan fingerprint density at radius 1 is 1.25 bits per heavy atom. The highest BCUT2D eigenvalue weighted by Gasteiger charge is 2.11. The fraction of sp³-hybridized carbons (Fsp3) is 0.125. The molecule has 4 heteroatoms. The van der Waals surface area contributed by atoms with Crippen LogP contribution in [0, 0.1) is 6.92 Å². The number of rotatable bonds is 1. The first-order chi connectivity index (χ1) is 5.52. The van der Waals surface area contributed by atoms with E-state index in [0.29, 0.717) is 5.56 Å². The largest absolute Gasteiger partial charge is 0.508 e. The molecule has 1 rings (SSSR count). The van der Waals surface area contributed by atoms with Crippen molar-refractivity contribution in [3.8, 4) is 11.5 Å². The third-order valence-electron chi connectivity index (χ3n) is 1.54. The molecule has 0 aromatic heterocycles. The molecular formula is C8H8O4. The van der Waals surface area contributed by atoms with Crippen LogP contribution in [0.15, 0.2) is 12.1 Å². The van der Waals surface area contributed by atoms with E-state index in [1.165, 1.54) is 6.07 Å². The van der Waals surface area contributed by atoms with Gasteiger partial charge in [0.25, 0.3) is 0 Å². The second kappa shape index (κ2) is 2.73. The number of carboxylic acids is 1. The molecule has 0 aliphatic rings. The molecule has 0 bridgehead atoms. The normalized spacial score (nSPS) is 9.75. The number of benzene rings is 1. The summed E-state index contributed by atoms with van der Waals surface area (Å²) >= 11 is 0. The minimum Gasteiger partial charge on any atom is -0.508 e. The van der Waals surface area contributed by atoms with Crippen LogP contribution in [0.3, 0.4) is 0 Å². The van der Waals surface area contributed by atoms with Crippen molar-refractivity contribution in [3.63, 3.8) is 0 Å². The molecule has 12 heavy (non-hydrogen) atoms. The van der Waals surface area contributed by atoms with Gasteiger partial charge in [-0.3, -0.25) is 0 Å². The van der Waals surface area contributed by atoms with Gasteiger partial charge in [0.2, 0.25) is 0 Å². The molecule has 0 aliphatic carbocycles. The van der Waals surface area contributed by atoms with Crippen molar-refractivity contribution >= 4 is 5.97 Å². The van der Waals surface area contributed by atoms with Gasteiger partial charge >= 0.3 is 5.97 Å². The zero-order valence-corrected chi connectivity index (χ0v) is 6.40. The van der Waals surface area contributed by atoms with Crippen molar-refractivity contribution < 1.29 is 20.1 Å². The standard InChI is InChI=1S/C8H8O4/c1-4-2-7(10)5(8(11)12)3-6(4)9/h2-3,9-10H,1H3,(H,11,12). The minimum atomic E-state index is -1.26. The summed E-state index contributed by atoms with van der Waals surface area (Å²) in [7, 11) is 0. The number of phenols is 2. The van der Waals surface area contributed by atoms with E-state index in [1.807, 2.05) is 0 Å². The topological polar surface area (TPSA) is 77.8 Å². The van der Waals surface area contributed by atoms with E-state index >= 15 is 0 Å². The predicted octanol–water partition coefficient (Wildman–Crippen LogP) is 1.10. The van der Waals surface area contributed by atoms with Crippen molar-refractivity contribution in [2.45, 2.75) is 6.92 Å². The van der Waals surface area contributed by atoms with Crippen LogP contribution in [-0.4, -0.2) is 21.3 Å². The summed E-state index contributed by atoms with van der Waals surface area (Å²) in [5.41, 5.74) is 0.149. The second-order valence-corrected chi connectivity index (χ2v) is 2.46. The summed E-state index contributed by atoms with van der Waals surface area (Å²) in [5, 5.41) is 26.7.